The van der Waals surface area contributed by atoms with Crippen LogP contribution in [-0.2, 0) is 10.7 Å². The summed E-state index contributed by atoms with van der Waals surface area (Å²) in [5, 5.41) is 1.92. The van der Waals surface area contributed by atoms with E-state index in [-0.39, 0.29) is 11.7 Å². The number of carbonyl (C=O) groups is 1. The van der Waals surface area contributed by atoms with E-state index in [1.165, 1.54) is 37.1 Å². The van der Waals surface area contributed by atoms with Crippen LogP contribution in [0.25, 0.3) is 10.8 Å². The Kier molecular flexibility index (Phi) is 11.4. The van der Waals surface area contributed by atoms with E-state index in [1.54, 1.807) is 12.1 Å². The van der Waals surface area contributed by atoms with Gasteiger partial charge in [0, 0.05) is 22.2 Å². The summed E-state index contributed by atoms with van der Waals surface area (Å²) in [4.78, 5) is 18.4. The van der Waals surface area contributed by atoms with Crippen LogP contribution in [0.15, 0.2) is 101 Å². The van der Waals surface area contributed by atoms with Gasteiger partial charge in [0.15, 0.2) is 6.04 Å². The van der Waals surface area contributed by atoms with Crippen LogP contribution < -0.4 is 19.9 Å². The van der Waals surface area contributed by atoms with E-state index in [0.717, 1.165) is 41.3 Å². The number of alkyl halides is 2. The number of fused-ring (bicyclic) bond motifs is 1. The third kappa shape index (κ3) is 8.51. The molecule has 46 heavy (non-hydrogen) atoms. The number of rotatable bonds is 14. The van der Waals surface area contributed by atoms with Gasteiger partial charge < -0.3 is 15.2 Å². The molecule has 0 radical (unpaired) electrons. The van der Waals surface area contributed by atoms with Gasteiger partial charge in [-0.15, -0.1) is 0 Å². The molecule has 0 aliphatic heterocycles. The van der Waals surface area contributed by atoms with Crippen molar-refractivity contribution in [2.24, 2.45) is 10.7 Å². The molecule has 1 saturated carbocycles. The number of amides is 1. The highest BCUT2D eigenvalue weighted by Gasteiger charge is 2.46. The molecule has 242 valence electrons. The molecule has 3 N–H and O–H groups in total. The Morgan fingerprint density at radius 3 is 2.28 bits per heavy atom. The van der Waals surface area contributed by atoms with Crippen molar-refractivity contribution in [1.29, 1.82) is 0 Å². The van der Waals surface area contributed by atoms with Gasteiger partial charge in [0.05, 0.1) is 6.10 Å². The first-order valence-corrected chi connectivity index (χ1v) is 16.8. The maximum atomic E-state index is 16.3. The lowest BCUT2D eigenvalue weighted by atomic mass is 10.00. The minimum absolute atomic E-state index is 0.257. The Hall–Kier alpha value is -3.79. The van der Waals surface area contributed by atoms with Crippen molar-refractivity contribution < 1.29 is 23.0 Å². The number of carbonyl (C=O) groups excluding carboxylic acids is 1. The highest BCUT2D eigenvalue weighted by Crippen LogP contribution is 2.36. The predicted molar refractivity (Wildman–Crippen MR) is 182 cm³/mol. The predicted octanol–water partition coefficient (Wildman–Crippen LogP) is 9.22. The van der Waals surface area contributed by atoms with E-state index < -0.39 is 23.9 Å². The van der Waals surface area contributed by atoms with Crippen LogP contribution in [-0.4, -0.2) is 29.8 Å². The largest absolute Gasteiger partial charge is 0.490 e. The minimum atomic E-state index is -3.60. The van der Waals surface area contributed by atoms with Gasteiger partial charge in [0.25, 0.3) is 11.8 Å². The van der Waals surface area contributed by atoms with Crippen LogP contribution in [0.4, 0.5) is 8.78 Å². The third-order valence-electron chi connectivity index (χ3n) is 8.14. The van der Waals surface area contributed by atoms with Crippen molar-refractivity contribution in [3.05, 3.63) is 96.6 Å². The van der Waals surface area contributed by atoms with Gasteiger partial charge in [0.2, 0.25) is 0 Å². The SMILES string of the molecule is CCCC(=NC(=O)C(NSc1ccc2cc(OC3CCCC3)ccc2c1)C(F)(F)c1ccc(Oc2ccccc2)cc1)C(N)CC. The Labute approximate surface area is 273 Å². The van der Waals surface area contributed by atoms with E-state index >= 15 is 8.78 Å². The van der Waals surface area contributed by atoms with Crippen molar-refractivity contribution in [2.75, 3.05) is 0 Å². The number of nitrogens with one attached hydrogen (secondary N) is 1. The fourth-order valence-electron chi connectivity index (χ4n) is 5.50. The van der Waals surface area contributed by atoms with Crippen molar-refractivity contribution in [3.8, 4) is 17.2 Å². The first-order chi connectivity index (χ1) is 22.3. The second-order valence-corrected chi connectivity index (χ2v) is 12.5. The van der Waals surface area contributed by atoms with Gasteiger partial charge >= 0.3 is 0 Å². The molecule has 1 aliphatic carbocycles. The fraction of sp³-hybridized carbons (Fsp3) is 0.351. The maximum absolute atomic E-state index is 16.3. The number of benzene rings is 4. The number of aliphatic imine (C=N–C) groups is 1. The fourth-order valence-corrected chi connectivity index (χ4v) is 6.33. The van der Waals surface area contributed by atoms with E-state index in [1.807, 2.05) is 68.4 Å². The normalized spacial score (nSPS) is 15.5. The summed E-state index contributed by atoms with van der Waals surface area (Å²) >= 11 is 0.976. The molecular formula is C37H41F2N3O3S. The highest BCUT2D eigenvalue weighted by atomic mass is 32.2. The topological polar surface area (TPSA) is 85.9 Å². The van der Waals surface area contributed by atoms with Crippen LogP contribution in [0, 0.1) is 0 Å². The average molecular weight is 646 g/mol. The number of halogens is 2. The summed E-state index contributed by atoms with van der Waals surface area (Å²) in [6.45, 7) is 3.81. The van der Waals surface area contributed by atoms with Crippen LogP contribution in [0.1, 0.15) is 64.4 Å². The summed E-state index contributed by atoms with van der Waals surface area (Å²) < 4.78 is 47.2. The molecular weight excluding hydrogens is 604 g/mol. The van der Waals surface area contributed by atoms with Crippen LogP contribution in [0.5, 0.6) is 17.2 Å². The van der Waals surface area contributed by atoms with Gasteiger partial charge in [0.1, 0.15) is 17.2 Å². The van der Waals surface area contributed by atoms with E-state index in [0.29, 0.717) is 41.4 Å². The standard InChI is InChI=1S/C37H41F2N3O3S/c1-3-10-34(33(40)4-2)41-36(43)35(37(38,39)27-17-20-30(21-18-27)44-28-11-6-5-7-12-28)42-46-32-22-16-25-23-31(19-15-26(25)24-32)45-29-13-8-9-14-29/h5-7,11-12,15-24,29,33,35,42H,3-4,8-10,13-14,40H2,1-2H3. The van der Waals surface area contributed by atoms with Gasteiger partial charge in [-0.3, -0.25) is 4.79 Å². The molecule has 1 aliphatic rings. The average Bonchev–Trinajstić information content (AvgIpc) is 3.58. The van der Waals surface area contributed by atoms with E-state index in [2.05, 4.69) is 9.71 Å². The third-order valence-corrected chi connectivity index (χ3v) is 8.98. The minimum Gasteiger partial charge on any atom is -0.490 e. The van der Waals surface area contributed by atoms with Gasteiger partial charge in [-0.05, 0) is 122 Å². The summed E-state index contributed by atoms with van der Waals surface area (Å²) in [6.07, 6.45) is 6.48. The van der Waals surface area contributed by atoms with E-state index in [4.69, 9.17) is 15.2 Å². The molecule has 0 spiro atoms. The van der Waals surface area contributed by atoms with Crippen molar-refractivity contribution >= 4 is 34.3 Å². The summed E-state index contributed by atoms with van der Waals surface area (Å²) in [6, 6.07) is 23.7. The van der Waals surface area contributed by atoms with Gasteiger partial charge in [-0.2, -0.15) is 8.78 Å². The molecule has 5 rings (SSSR count). The smallest absolute Gasteiger partial charge is 0.298 e. The zero-order valence-corrected chi connectivity index (χ0v) is 27.1. The molecule has 2 unspecified atom stereocenters. The molecule has 0 bridgehead atoms. The Morgan fingerprint density at radius 1 is 0.935 bits per heavy atom. The van der Waals surface area contributed by atoms with Gasteiger partial charge in [-0.25, -0.2) is 9.71 Å². The lowest BCUT2D eigenvalue weighted by Crippen LogP contribution is -2.46. The molecule has 6 nitrogen and oxygen atoms in total. The monoisotopic (exact) mass is 645 g/mol. The van der Waals surface area contributed by atoms with Crippen molar-refractivity contribution in [3.63, 3.8) is 0 Å². The molecule has 9 heteroatoms. The van der Waals surface area contributed by atoms with Crippen LogP contribution in [0.3, 0.4) is 0 Å². The number of para-hydroxylation sites is 1. The second-order valence-electron chi connectivity index (χ2n) is 11.6. The lowest BCUT2D eigenvalue weighted by Gasteiger charge is -2.26. The van der Waals surface area contributed by atoms with Gasteiger partial charge in [-0.1, -0.05) is 50.6 Å². The summed E-state index contributed by atoms with van der Waals surface area (Å²) in [7, 11) is 0. The lowest BCUT2D eigenvalue weighted by molar-refractivity contribution is -0.130. The maximum Gasteiger partial charge on any atom is 0.298 e. The molecule has 2 atom stereocenters. The number of ether oxygens (including phenoxy) is 2. The Bertz CT molecular complexity index is 1630. The number of hydrogen-bond donors (Lipinski definition) is 2. The molecule has 1 fully saturated rings. The molecule has 1 amide bonds. The molecule has 0 heterocycles. The van der Waals surface area contributed by atoms with Crippen LogP contribution in [0.2, 0.25) is 0 Å². The quantitative estimate of drug-likeness (QED) is 0.105. The highest BCUT2D eigenvalue weighted by molar-refractivity contribution is 7.97. The zero-order chi connectivity index (χ0) is 32.5. The first-order valence-electron chi connectivity index (χ1n) is 16.0. The molecule has 0 aromatic heterocycles. The number of nitrogens with zero attached hydrogens (tertiary/aromatic N) is 1. The first kappa shape index (κ1) is 33.6. The number of nitrogens with two attached hydrogens (primary N) is 1. The Balaban J connectivity index is 1.38. The summed E-state index contributed by atoms with van der Waals surface area (Å²) in [5.74, 6) is -2.75. The van der Waals surface area contributed by atoms with Crippen molar-refractivity contribution in [1.82, 2.24) is 4.72 Å². The molecule has 4 aromatic carbocycles. The molecule has 4 aromatic rings. The number of hydrogen-bond acceptors (Lipinski definition) is 6. The zero-order valence-electron chi connectivity index (χ0n) is 26.3. The second kappa shape index (κ2) is 15.7. The summed E-state index contributed by atoms with van der Waals surface area (Å²) in [5.41, 5.74) is 6.30. The van der Waals surface area contributed by atoms with Crippen LogP contribution >= 0.6 is 11.9 Å². The Morgan fingerprint density at radius 2 is 1.59 bits per heavy atom. The van der Waals surface area contributed by atoms with Crippen molar-refractivity contribution in [2.45, 2.75) is 87.8 Å². The van der Waals surface area contributed by atoms with E-state index in [9.17, 15) is 4.79 Å². The molecule has 0 saturated heterocycles.